The van der Waals surface area contributed by atoms with E-state index in [0.29, 0.717) is 16.8 Å². The van der Waals surface area contributed by atoms with Crippen LogP contribution in [0.2, 0.25) is 0 Å². The van der Waals surface area contributed by atoms with Gasteiger partial charge in [-0.15, -0.1) is 0 Å². The largest absolute Gasteiger partial charge is 0.435 e. The van der Waals surface area contributed by atoms with Crippen LogP contribution in [0.1, 0.15) is 39.0 Å². The van der Waals surface area contributed by atoms with Crippen LogP contribution in [0.4, 0.5) is 26.3 Å². The number of primary amides is 1. The van der Waals surface area contributed by atoms with Gasteiger partial charge in [-0.25, -0.2) is 0 Å². The number of nitrogens with two attached hydrogens (primary N) is 1. The van der Waals surface area contributed by atoms with Crippen LogP contribution in [-0.4, -0.2) is 17.8 Å². The number of halogens is 6. The molecule has 0 radical (unpaired) electrons. The standard InChI is InChI=1S/C23H16F6N2O2/c1-12-8-13(10-14(9-12)22(24,25)26)21(23(27,28)29)11-19(31-33-21)17-6-7-18(20(30)32)16-5-3-2-4-15(16)17/h2-10H,11H2,1H3,(H2,30,32). The molecule has 0 saturated carbocycles. The molecule has 33 heavy (non-hydrogen) atoms. The number of carbonyl (C=O) groups is 1. The van der Waals surface area contributed by atoms with E-state index in [9.17, 15) is 31.1 Å². The van der Waals surface area contributed by atoms with Crippen LogP contribution < -0.4 is 5.73 Å². The third-order valence-electron chi connectivity index (χ3n) is 5.56. The van der Waals surface area contributed by atoms with E-state index in [2.05, 4.69) is 5.16 Å². The molecule has 0 aromatic heterocycles. The van der Waals surface area contributed by atoms with Gasteiger partial charge in [0.05, 0.1) is 11.3 Å². The normalized spacial score (nSPS) is 18.8. The average molecular weight is 466 g/mol. The Morgan fingerprint density at radius 2 is 1.67 bits per heavy atom. The molecule has 10 heteroatoms. The Morgan fingerprint density at radius 1 is 1.00 bits per heavy atom. The van der Waals surface area contributed by atoms with E-state index in [0.717, 1.165) is 12.1 Å². The van der Waals surface area contributed by atoms with Crippen LogP contribution in [-0.2, 0) is 16.6 Å². The van der Waals surface area contributed by atoms with Crippen LogP contribution >= 0.6 is 0 Å². The Hall–Kier alpha value is -3.56. The van der Waals surface area contributed by atoms with Crippen molar-refractivity contribution in [2.45, 2.75) is 31.3 Å². The van der Waals surface area contributed by atoms with Gasteiger partial charge in [-0.2, -0.15) is 26.3 Å². The predicted molar refractivity (Wildman–Crippen MR) is 109 cm³/mol. The zero-order valence-electron chi connectivity index (χ0n) is 17.0. The Bertz CT molecular complexity index is 1300. The molecule has 0 aliphatic carbocycles. The molecular formula is C23H16F6N2O2. The minimum atomic E-state index is -5.07. The summed E-state index contributed by atoms with van der Waals surface area (Å²) >= 11 is 0. The first-order valence-electron chi connectivity index (χ1n) is 9.66. The van der Waals surface area contributed by atoms with Gasteiger partial charge in [0.1, 0.15) is 0 Å². The lowest BCUT2D eigenvalue weighted by Crippen LogP contribution is -2.43. The van der Waals surface area contributed by atoms with Crippen molar-refractivity contribution in [2.75, 3.05) is 0 Å². The molecule has 1 unspecified atom stereocenters. The molecule has 4 nitrogen and oxygen atoms in total. The summed E-state index contributed by atoms with van der Waals surface area (Å²) in [6, 6.07) is 11.4. The van der Waals surface area contributed by atoms with Crippen molar-refractivity contribution in [1.82, 2.24) is 0 Å². The smallest absolute Gasteiger partial charge is 0.374 e. The van der Waals surface area contributed by atoms with Gasteiger partial charge in [-0.3, -0.25) is 4.79 Å². The van der Waals surface area contributed by atoms with E-state index < -0.39 is 41.4 Å². The summed E-state index contributed by atoms with van der Waals surface area (Å²) in [4.78, 5) is 16.6. The Balaban J connectivity index is 1.85. The summed E-state index contributed by atoms with van der Waals surface area (Å²) < 4.78 is 82.7. The number of rotatable bonds is 3. The molecule has 4 rings (SSSR count). The van der Waals surface area contributed by atoms with Crippen LogP contribution in [0, 0.1) is 6.92 Å². The highest BCUT2D eigenvalue weighted by atomic mass is 19.4. The van der Waals surface area contributed by atoms with E-state index in [4.69, 9.17) is 10.6 Å². The lowest BCUT2D eigenvalue weighted by atomic mass is 9.84. The van der Waals surface area contributed by atoms with E-state index in [1.54, 1.807) is 24.3 Å². The zero-order chi connectivity index (χ0) is 24.2. The number of benzene rings is 3. The van der Waals surface area contributed by atoms with Gasteiger partial charge in [0.25, 0.3) is 5.60 Å². The maximum Gasteiger partial charge on any atom is 0.435 e. The molecule has 172 valence electrons. The van der Waals surface area contributed by atoms with Gasteiger partial charge < -0.3 is 10.6 Å². The highest BCUT2D eigenvalue weighted by molar-refractivity contribution is 6.16. The number of hydrogen-bond acceptors (Lipinski definition) is 3. The Kier molecular flexibility index (Phi) is 5.14. The molecule has 1 aliphatic heterocycles. The van der Waals surface area contributed by atoms with Gasteiger partial charge in [0.15, 0.2) is 0 Å². The fourth-order valence-corrected chi connectivity index (χ4v) is 3.99. The van der Waals surface area contributed by atoms with Gasteiger partial charge in [0, 0.05) is 23.1 Å². The van der Waals surface area contributed by atoms with Crippen molar-refractivity contribution in [3.8, 4) is 0 Å². The van der Waals surface area contributed by atoms with E-state index >= 15 is 0 Å². The summed E-state index contributed by atoms with van der Waals surface area (Å²) in [7, 11) is 0. The molecule has 3 aromatic rings. The Labute approximate surface area is 183 Å². The summed E-state index contributed by atoms with van der Waals surface area (Å²) in [6.07, 6.45) is -10.8. The third-order valence-corrected chi connectivity index (χ3v) is 5.56. The van der Waals surface area contributed by atoms with E-state index in [1.165, 1.54) is 19.1 Å². The van der Waals surface area contributed by atoms with Gasteiger partial charge in [-0.1, -0.05) is 47.1 Å². The lowest BCUT2D eigenvalue weighted by molar-refractivity contribution is -0.276. The molecule has 3 aromatic carbocycles. The molecule has 0 fully saturated rings. The molecule has 1 heterocycles. The van der Waals surface area contributed by atoms with Gasteiger partial charge in [0.2, 0.25) is 5.91 Å². The van der Waals surface area contributed by atoms with Gasteiger partial charge in [-0.05, 0) is 35.9 Å². The summed E-state index contributed by atoms with van der Waals surface area (Å²) in [5.74, 6) is -0.716. The maximum absolute atomic E-state index is 14.3. The monoisotopic (exact) mass is 466 g/mol. The number of amides is 1. The highest BCUT2D eigenvalue weighted by Crippen LogP contribution is 2.50. The highest BCUT2D eigenvalue weighted by Gasteiger charge is 2.62. The van der Waals surface area contributed by atoms with Crippen molar-refractivity contribution in [3.63, 3.8) is 0 Å². The average Bonchev–Trinajstić information content (AvgIpc) is 3.18. The molecule has 0 bridgehead atoms. The van der Waals surface area contributed by atoms with Crippen LogP contribution in [0.3, 0.4) is 0 Å². The topological polar surface area (TPSA) is 64.7 Å². The predicted octanol–water partition coefficient (Wildman–Crippen LogP) is 5.85. The minimum absolute atomic E-state index is 0.00300. The number of alkyl halides is 6. The van der Waals surface area contributed by atoms with Crippen LogP contribution in [0.5, 0.6) is 0 Å². The SMILES string of the molecule is Cc1cc(C(F)(F)F)cc(C2(C(F)(F)F)CC(c3ccc(C(N)=O)c4ccccc34)=NO2)c1. The first kappa shape index (κ1) is 22.6. The number of nitrogens with zero attached hydrogens (tertiary/aromatic N) is 1. The second-order valence-corrected chi connectivity index (χ2v) is 7.79. The number of aryl methyl sites for hydroxylation is 1. The summed E-state index contributed by atoms with van der Waals surface area (Å²) in [6.45, 7) is 1.27. The first-order valence-corrected chi connectivity index (χ1v) is 9.66. The summed E-state index contributed by atoms with van der Waals surface area (Å²) in [5, 5.41) is 4.47. The van der Waals surface area contributed by atoms with E-state index in [1.807, 2.05) is 0 Å². The third kappa shape index (κ3) is 3.79. The number of carbonyl (C=O) groups excluding carboxylic acids is 1. The maximum atomic E-state index is 14.3. The van der Waals surface area contributed by atoms with Crippen LogP contribution in [0.25, 0.3) is 10.8 Å². The second-order valence-electron chi connectivity index (χ2n) is 7.79. The molecule has 2 N–H and O–H groups in total. The molecule has 1 aliphatic rings. The molecule has 0 spiro atoms. The fraction of sp³-hybridized carbons (Fsp3) is 0.217. The van der Waals surface area contributed by atoms with Crippen molar-refractivity contribution in [3.05, 3.63) is 82.4 Å². The van der Waals surface area contributed by atoms with Crippen LogP contribution in [0.15, 0.2) is 59.8 Å². The number of fused-ring (bicyclic) bond motifs is 1. The Morgan fingerprint density at radius 3 is 2.27 bits per heavy atom. The first-order chi connectivity index (χ1) is 15.3. The van der Waals surface area contributed by atoms with Gasteiger partial charge >= 0.3 is 12.4 Å². The fourth-order valence-electron chi connectivity index (χ4n) is 3.99. The second kappa shape index (κ2) is 7.50. The quantitative estimate of drug-likeness (QED) is 0.493. The molecular weight excluding hydrogens is 450 g/mol. The van der Waals surface area contributed by atoms with Crippen molar-refractivity contribution in [2.24, 2.45) is 10.9 Å². The van der Waals surface area contributed by atoms with Crippen molar-refractivity contribution >= 4 is 22.4 Å². The lowest BCUT2D eigenvalue weighted by Gasteiger charge is -2.30. The number of hydrogen-bond donors (Lipinski definition) is 1. The minimum Gasteiger partial charge on any atom is -0.374 e. The molecule has 0 saturated heterocycles. The molecule has 1 amide bonds. The molecule has 1 atom stereocenters. The zero-order valence-corrected chi connectivity index (χ0v) is 17.0. The van der Waals surface area contributed by atoms with Crippen molar-refractivity contribution in [1.29, 1.82) is 0 Å². The van der Waals surface area contributed by atoms with Crippen molar-refractivity contribution < 1.29 is 36.0 Å². The van der Waals surface area contributed by atoms with E-state index in [-0.39, 0.29) is 22.4 Å². The summed E-state index contributed by atoms with van der Waals surface area (Å²) in [5.41, 5.74) is 0.687. The number of oxime groups is 1.